The highest BCUT2D eigenvalue weighted by atomic mass is 16.3. The molecule has 3 atom stereocenters. The van der Waals surface area contributed by atoms with Gasteiger partial charge in [-0.1, -0.05) is 0 Å². The number of aliphatic hydroxyl groups excluding tert-OH is 3. The molecule has 1 aromatic rings. The molecule has 7 heteroatoms. The number of hydrogen-bond donors (Lipinski definition) is 4. The van der Waals surface area contributed by atoms with Crippen LogP contribution in [0.1, 0.15) is 36.0 Å². The summed E-state index contributed by atoms with van der Waals surface area (Å²) in [7, 11) is 1.68. The van der Waals surface area contributed by atoms with E-state index >= 15 is 0 Å². The fraction of sp³-hybridized carbons (Fsp3) is 0.632. The lowest BCUT2D eigenvalue weighted by molar-refractivity contribution is -0.0427. The molecule has 2 heterocycles. The summed E-state index contributed by atoms with van der Waals surface area (Å²) in [5.74, 6) is 0.257. The molecule has 2 saturated heterocycles. The van der Waals surface area contributed by atoms with E-state index < -0.39 is 12.5 Å². The number of aliphatic hydroxyl groups is 3. The van der Waals surface area contributed by atoms with E-state index in [1.165, 1.54) is 0 Å². The Morgan fingerprint density at radius 1 is 1.15 bits per heavy atom. The summed E-state index contributed by atoms with van der Waals surface area (Å²) in [6.07, 6.45) is 1.37. The van der Waals surface area contributed by atoms with Gasteiger partial charge in [0.2, 0.25) is 0 Å². The van der Waals surface area contributed by atoms with Crippen LogP contribution in [0.5, 0.6) is 0 Å². The van der Waals surface area contributed by atoms with Crippen LogP contribution < -0.4 is 10.2 Å². The van der Waals surface area contributed by atoms with Crippen molar-refractivity contribution in [2.45, 2.75) is 44.2 Å². The SMILES string of the molecule is CN(C(=O)c1ccc(N2CCC(CO)CC2)cc1)C1CCC(O)NC1O. The van der Waals surface area contributed by atoms with Gasteiger partial charge in [0.05, 0.1) is 6.04 Å². The molecule has 0 bridgehead atoms. The predicted octanol–water partition coefficient (Wildman–Crippen LogP) is 0.356. The quantitative estimate of drug-likeness (QED) is 0.617. The van der Waals surface area contributed by atoms with Crippen LogP contribution in [0.15, 0.2) is 24.3 Å². The van der Waals surface area contributed by atoms with Crippen molar-refractivity contribution in [2.75, 3.05) is 31.6 Å². The Hall–Kier alpha value is -1.67. The molecule has 1 aromatic carbocycles. The highest BCUT2D eigenvalue weighted by Gasteiger charge is 2.32. The third kappa shape index (κ3) is 4.17. The fourth-order valence-corrected chi connectivity index (χ4v) is 3.83. The molecular weight excluding hydrogens is 334 g/mol. The number of rotatable bonds is 4. The zero-order chi connectivity index (χ0) is 18.7. The summed E-state index contributed by atoms with van der Waals surface area (Å²) in [5.41, 5.74) is 1.67. The lowest BCUT2D eigenvalue weighted by atomic mass is 9.97. The van der Waals surface area contributed by atoms with Crippen molar-refractivity contribution in [3.05, 3.63) is 29.8 Å². The van der Waals surface area contributed by atoms with Crippen LogP contribution in [0, 0.1) is 5.92 Å². The van der Waals surface area contributed by atoms with E-state index in [0.29, 0.717) is 24.3 Å². The lowest BCUT2D eigenvalue weighted by Crippen LogP contribution is -2.57. The third-order valence-electron chi connectivity index (χ3n) is 5.63. The summed E-state index contributed by atoms with van der Waals surface area (Å²) in [5, 5.41) is 31.5. The zero-order valence-corrected chi connectivity index (χ0v) is 15.2. The number of carbonyl (C=O) groups excluding carboxylic acids is 1. The fourth-order valence-electron chi connectivity index (χ4n) is 3.83. The summed E-state index contributed by atoms with van der Waals surface area (Å²) in [4.78, 5) is 16.5. The second-order valence-electron chi connectivity index (χ2n) is 7.35. The van der Waals surface area contributed by atoms with Crippen molar-refractivity contribution in [3.63, 3.8) is 0 Å². The van der Waals surface area contributed by atoms with Crippen molar-refractivity contribution in [1.29, 1.82) is 0 Å². The molecule has 0 radical (unpaired) electrons. The zero-order valence-electron chi connectivity index (χ0n) is 15.2. The first-order valence-corrected chi connectivity index (χ1v) is 9.35. The second-order valence-corrected chi connectivity index (χ2v) is 7.35. The highest BCUT2D eigenvalue weighted by molar-refractivity contribution is 5.94. The molecule has 2 fully saturated rings. The van der Waals surface area contributed by atoms with Crippen molar-refractivity contribution in [3.8, 4) is 0 Å². The summed E-state index contributed by atoms with van der Waals surface area (Å²) in [6.45, 7) is 2.09. The van der Waals surface area contributed by atoms with Gasteiger partial charge >= 0.3 is 0 Å². The Balaban J connectivity index is 1.62. The van der Waals surface area contributed by atoms with E-state index in [0.717, 1.165) is 31.6 Å². The number of amides is 1. The van der Waals surface area contributed by atoms with Crippen LogP contribution in [0.25, 0.3) is 0 Å². The van der Waals surface area contributed by atoms with E-state index in [1.54, 1.807) is 11.9 Å². The molecular formula is C19H29N3O4. The molecule has 0 aromatic heterocycles. The number of carbonyl (C=O) groups is 1. The number of piperidine rings is 2. The standard InChI is InChI=1S/C19H29N3O4/c1-21(16-6-7-17(24)20-18(16)25)19(26)14-2-4-15(5-3-14)22-10-8-13(12-23)9-11-22/h2-5,13,16-18,20,23-25H,6-12H2,1H3. The number of benzene rings is 1. The van der Waals surface area contributed by atoms with E-state index in [9.17, 15) is 20.1 Å². The third-order valence-corrected chi connectivity index (χ3v) is 5.63. The average molecular weight is 363 g/mol. The van der Waals surface area contributed by atoms with Crippen LogP contribution in [0.2, 0.25) is 0 Å². The first kappa shape index (κ1) is 19.1. The topological polar surface area (TPSA) is 96.3 Å². The lowest BCUT2D eigenvalue weighted by Gasteiger charge is -2.37. The summed E-state index contributed by atoms with van der Waals surface area (Å²) >= 11 is 0. The molecule has 144 valence electrons. The van der Waals surface area contributed by atoms with Crippen molar-refractivity contribution in [1.82, 2.24) is 10.2 Å². The molecule has 3 rings (SSSR count). The number of hydrogen-bond acceptors (Lipinski definition) is 6. The molecule has 4 N–H and O–H groups in total. The van der Waals surface area contributed by atoms with Gasteiger partial charge in [0.15, 0.2) is 0 Å². The van der Waals surface area contributed by atoms with Crippen molar-refractivity contribution < 1.29 is 20.1 Å². The highest BCUT2D eigenvalue weighted by Crippen LogP contribution is 2.24. The summed E-state index contributed by atoms with van der Waals surface area (Å²) in [6, 6.07) is 7.20. The van der Waals surface area contributed by atoms with Gasteiger partial charge in [-0.05, 0) is 55.9 Å². The van der Waals surface area contributed by atoms with Crippen LogP contribution in [-0.4, -0.2) is 71.4 Å². The van der Waals surface area contributed by atoms with Gasteiger partial charge in [-0.15, -0.1) is 0 Å². The Kier molecular flexibility index (Phi) is 6.13. The molecule has 0 aliphatic carbocycles. The Labute approximate surface area is 154 Å². The largest absolute Gasteiger partial charge is 0.396 e. The van der Waals surface area contributed by atoms with Crippen molar-refractivity contribution >= 4 is 11.6 Å². The van der Waals surface area contributed by atoms with E-state index in [4.69, 9.17) is 0 Å². The van der Waals surface area contributed by atoms with Crippen LogP contribution in [0.3, 0.4) is 0 Å². The molecule has 3 unspecified atom stereocenters. The molecule has 0 spiro atoms. The first-order valence-electron chi connectivity index (χ1n) is 9.35. The van der Waals surface area contributed by atoms with Gasteiger partial charge in [-0.25, -0.2) is 0 Å². The molecule has 1 amide bonds. The minimum Gasteiger partial charge on any atom is -0.396 e. The van der Waals surface area contributed by atoms with Gasteiger partial charge in [-0.3, -0.25) is 10.1 Å². The molecule has 7 nitrogen and oxygen atoms in total. The van der Waals surface area contributed by atoms with E-state index in [1.807, 2.05) is 24.3 Å². The first-order chi connectivity index (χ1) is 12.5. The Morgan fingerprint density at radius 3 is 2.38 bits per heavy atom. The monoisotopic (exact) mass is 363 g/mol. The molecule has 2 aliphatic heterocycles. The van der Waals surface area contributed by atoms with Gasteiger partial charge in [-0.2, -0.15) is 0 Å². The Bertz CT molecular complexity index is 601. The minimum absolute atomic E-state index is 0.141. The van der Waals surface area contributed by atoms with Gasteiger partial charge < -0.3 is 25.1 Å². The van der Waals surface area contributed by atoms with Crippen LogP contribution >= 0.6 is 0 Å². The average Bonchev–Trinajstić information content (AvgIpc) is 2.67. The van der Waals surface area contributed by atoms with Crippen LogP contribution in [0.4, 0.5) is 5.69 Å². The summed E-state index contributed by atoms with van der Waals surface area (Å²) < 4.78 is 0. The van der Waals surface area contributed by atoms with E-state index in [-0.39, 0.29) is 18.6 Å². The normalized spacial score (nSPS) is 27.4. The van der Waals surface area contributed by atoms with Crippen LogP contribution in [-0.2, 0) is 0 Å². The van der Waals surface area contributed by atoms with Gasteiger partial charge in [0.25, 0.3) is 5.91 Å². The van der Waals surface area contributed by atoms with Gasteiger partial charge in [0.1, 0.15) is 12.5 Å². The second kappa shape index (κ2) is 8.35. The number of nitrogens with zero attached hydrogens (tertiary/aromatic N) is 2. The number of nitrogens with one attached hydrogen (secondary N) is 1. The predicted molar refractivity (Wildman–Crippen MR) is 98.7 cm³/mol. The maximum Gasteiger partial charge on any atom is 0.253 e. The van der Waals surface area contributed by atoms with Crippen molar-refractivity contribution in [2.24, 2.45) is 5.92 Å². The minimum atomic E-state index is -0.931. The maximum absolute atomic E-state index is 12.7. The smallest absolute Gasteiger partial charge is 0.253 e. The van der Waals surface area contributed by atoms with E-state index in [2.05, 4.69) is 10.2 Å². The maximum atomic E-state index is 12.7. The molecule has 2 aliphatic rings. The molecule has 26 heavy (non-hydrogen) atoms. The number of likely N-dealkylation sites (N-methyl/N-ethyl adjacent to an activating group) is 1. The Morgan fingerprint density at radius 2 is 1.81 bits per heavy atom. The number of anilines is 1. The van der Waals surface area contributed by atoms with Gasteiger partial charge in [0, 0.05) is 38.0 Å². The molecule has 0 saturated carbocycles.